The molecule has 0 aromatic carbocycles. The van der Waals surface area contributed by atoms with E-state index >= 15 is 0 Å². The van der Waals surface area contributed by atoms with Crippen LogP contribution < -0.4 is 5.90 Å². The Kier molecular flexibility index (Phi) is 12.0. The molecule has 0 aliphatic carbocycles. The molecule has 14 heteroatoms. The first-order chi connectivity index (χ1) is 19.3. The number of aromatic nitrogens is 1. The molecule has 2 fully saturated rings. The van der Waals surface area contributed by atoms with Crippen molar-refractivity contribution < 1.29 is 38.6 Å². The first-order valence-corrected chi connectivity index (χ1v) is 14.8. The number of hydrogen-bond acceptors (Lipinski definition) is 13. The van der Waals surface area contributed by atoms with Gasteiger partial charge in [-0.1, -0.05) is 5.16 Å². The van der Waals surface area contributed by atoms with Gasteiger partial charge in [0.2, 0.25) is 11.3 Å². The molecule has 0 spiro atoms. The van der Waals surface area contributed by atoms with Crippen LogP contribution in [0.5, 0.6) is 0 Å². The zero-order valence-corrected chi connectivity index (χ0v) is 27.1. The third-order valence-electron chi connectivity index (χ3n) is 6.73. The minimum atomic E-state index is -1.30. The average Bonchev–Trinajstić information content (AvgIpc) is 3.30. The van der Waals surface area contributed by atoms with Gasteiger partial charge in [-0.3, -0.25) is 4.84 Å². The van der Waals surface area contributed by atoms with Crippen molar-refractivity contribution in [2.45, 2.75) is 96.6 Å². The van der Waals surface area contributed by atoms with Crippen molar-refractivity contribution in [2.75, 3.05) is 40.3 Å². The van der Waals surface area contributed by atoms with Crippen molar-refractivity contribution in [3.05, 3.63) is 16.1 Å². The molecule has 2 saturated heterocycles. The zero-order valence-electron chi connectivity index (χ0n) is 26.3. The largest absolute Gasteiger partial charge is 0.476 e. The predicted octanol–water partition coefficient (Wildman–Crippen LogP) is 2.75. The second-order valence-electron chi connectivity index (χ2n) is 12.8. The van der Waals surface area contributed by atoms with Crippen molar-refractivity contribution >= 4 is 35.0 Å². The number of oxime groups is 1. The van der Waals surface area contributed by atoms with E-state index in [-0.39, 0.29) is 17.4 Å². The van der Waals surface area contributed by atoms with Gasteiger partial charge in [-0.2, -0.15) is 0 Å². The summed E-state index contributed by atoms with van der Waals surface area (Å²) in [6.07, 6.45) is 1.89. The number of aliphatic carboxylic acids is 1. The minimum absolute atomic E-state index is 0.215. The Hall–Kier alpha value is -2.65. The number of carboxylic acid groups (broad SMARTS) is 1. The maximum Gasteiger partial charge on any atom is 0.360 e. The van der Waals surface area contributed by atoms with Gasteiger partial charge in [0.1, 0.15) is 16.9 Å². The molecule has 0 amide bonds. The van der Waals surface area contributed by atoms with E-state index in [1.807, 2.05) is 34.9 Å². The summed E-state index contributed by atoms with van der Waals surface area (Å²) in [6, 6.07) is 0. The van der Waals surface area contributed by atoms with Gasteiger partial charge in [0.25, 0.3) is 0 Å². The smallest absolute Gasteiger partial charge is 0.360 e. The van der Waals surface area contributed by atoms with E-state index in [0.29, 0.717) is 38.8 Å². The van der Waals surface area contributed by atoms with Crippen LogP contribution in [-0.4, -0.2) is 106 Å². The third-order valence-corrected chi connectivity index (χ3v) is 7.51. The molecule has 238 valence electrons. The number of piperidine rings is 2. The Bertz CT molecular complexity index is 1110. The number of esters is 2. The highest BCUT2D eigenvalue weighted by atomic mass is 32.1. The van der Waals surface area contributed by atoms with Crippen molar-refractivity contribution in [2.24, 2.45) is 11.1 Å². The number of likely N-dealkylation sites (tertiary alicyclic amines) is 2. The summed E-state index contributed by atoms with van der Waals surface area (Å²) in [5.41, 5.74) is -3.55. The van der Waals surface area contributed by atoms with Crippen molar-refractivity contribution in [3.8, 4) is 0 Å². The van der Waals surface area contributed by atoms with Crippen molar-refractivity contribution in [3.63, 3.8) is 0 Å². The fourth-order valence-electron chi connectivity index (χ4n) is 4.20. The van der Waals surface area contributed by atoms with Crippen LogP contribution >= 0.6 is 11.3 Å². The molecule has 3 N–H and O–H groups in total. The summed E-state index contributed by atoms with van der Waals surface area (Å²) < 4.78 is 10.8. The van der Waals surface area contributed by atoms with Crippen LogP contribution in [0.1, 0.15) is 77.9 Å². The SMILES string of the molecule is CN1CCC(ON)(C(=O)OC(C)(C)C)CC1.Cc1nc(/C(=N/OC2(C(=O)OC(C)(C)C)CCN(C)CC2)C(=O)O)cs1. The van der Waals surface area contributed by atoms with Gasteiger partial charge >= 0.3 is 17.9 Å². The number of thiazole rings is 1. The van der Waals surface area contributed by atoms with E-state index in [2.05, 4.69) is 19.9 Å². The molecule has 2 aliphatic rings. The second kappa shape index (κ2) is 14.2. The van der Waals surface area contributed by atoms with Crippen LogP contribution in [0.15, 0.2) is 10.5 Å². The van der Waals surface area contributed by atoms with E-state index in [4.69, 9.17) is 25.0 Å². The lowest BCUT2D eigenvalue weighted by atomic mass is 9.91. The van der Waals surface area contributed by atoms with Crippen LogP contribution in [0.4, 0.5) is 0 Å². The zero-order chi connectivity index (χ0) is 31.9. The highest BCUT2D eigenvalue weighted by molar-refractivity contribution is 7.09. The van der Waals surface area contributed by atoms with Gasteiger partial charge in [-0.15, -0.1) is 11.3 Å². The summed E-state index contributed by atoms with van der Waals surface area (Å²) in [6.45, 7) is 15.4. The number of rotatable bonds is 7. The second-order valence-corrected chi connectivity index (χ2v) is 13.9. The van der Waals surface area contributed by atoms with Crippen LogP contribution in [-0.2, 0) is 33.5 Å². The highest BCUT2D eigenvalue weighted by Gasteiger charge is 2.47. The molecule has 0 bridgehead atoms. The number of nitrogens with two attached hydrogens (primary N) is 1. The normalized spacial score (nSPS) is 19.7. The molecule has 13 nitrogen and oxygen atoms in total. The molecule has 0 unspecified atom stereocenters. The van der Waals surface area contributed by atoms with Gasteiger partial charge in [0.05, 0.1) is 5.01 Å². The quantitative estimate of drug-likeness (QED) is 0.263. The molecule has 1 aromatic rings. The lowest BCUT2D eigenvalue weighted by Gasteiger charge is -2.38. The number of carbonyl (C=O) groups excluding carboxylic acids is 2. The molecule has 42 heavy (non-hydrogen) atoms. The molecule has 3 heterocycles. The number of carbonyl (C=O) groups is 3. The Balaban J connectivity index is 0.000000330. The highest BCUT2D eigenvalue weighted by Crippen LogP contribution is 2.30. The molecule has 0 radical (unpaired) electrons. The third kappa shape index (κ3) is 10.3. The Morgan fingerprint density at radius 3 is 1.69 bits per heavy atom. The Morgan fingerprint density at radius 1 is 0.905 bits per heavy atom. The summed E-state index contributed by atoms with van der Waals surface area (Å²) in [5.74, 6) is 3.14. The molecule has 2 aliphatic heterocycles. The van der Waals surface area contributed by atoms with Crippen LogP contribution in [0, 0.1) is 6.92 Å². The molecular weight excluding hydrogens is 566 g/mol. The Morgan fingerprint density at radius 2 is 1.33 bits per heavy atom. The number of ether oxygens (including phenoxy) is 2. The number of carboxylic acids is 1. The van der Waals surface area contributed by atoms with Crippen LogP contribution in [0.25, 0.3) is 0 Å². The fourth-order valence-corrected chi connectivity index (χ4v) is 4.80. The van der Waals surface area contributed by atoms with Crippen LogP contribution in [0.2, 0.25) is 0 Å². The van der Waals surface area contributed by atoms with Gasteiger partial charge in [0, 0.05) is 57.2 Å². The van der Waals surface area contributed by atoms with Crippen LogP contribution in [0.3, 0.4) is 0 Å². The van der Waals surface area contributed by atoms with Gasteiger partial charge in [-0.05, 0) is 62.6 Å². The van der Waals surface area contributed by atoms with Gasteiger partial charge in [-0.25, -0.2) is 25.3 Å². The number of nitrogens with zero attached hydrogens (tertiary/aromatic N) is 4. The predicted molar refractivity (Wildman–Crippen MR) is 158 cm³/mol. The lowest BCUT2D eigenvalue weighted by molar-refractivity contribution is -0.191. The van der Waals surface area contributed by atoms with E-state index in [9.17, 15) is 19.5 Å². The van der Waals surface area contributed by atoms with E-state index in [1.54, 1.807) is 33.1 Å². The number of hydrogen-bond donors (Lipinski definition) is 2. The maximum absolute atomic E-state index is 12.8. The molecule has 0 atom stereocenters. The summed E-state index contributed by atoms with van der Waals surface area (Å²) in [5, 5.41) is 15.6. The average molecular weight is 614 g/mol. The standard InChI is InChI=1S/C17H25N3O5S.C11H22N2O3/c1-11-18-12(10-26-11)13(14(21)22)19-25-17(6-8-20(5)9-7-17)15(23)24-16(2,3)4;1-10(2,3)15-9(14)11(16-12)5-7-13(4)8-6-11/h10H,6-9H2,1-5H3,(H,21,22);5-8,12H2,1-4H3/b19-13-;. The van der Waals surface area contributed by atoms with E-state index in [0.717, 1.165) is 18.1 Å². The molecule has 1 aromatic heterocycles. The molecular formula is C28H47N5O8S. The first kappa shape index (κ1) is 35.5. The summed E-state index contributed by atoms with van der Waals surface area (Å²) in [7, 11) is 3.96. The minimum Gasteiger partial charge on any atom is -0.476 e. The van der Waals surface area contributed by atoms with Crippen molar-refractivity contribution in [1.29, 1.82) is 0 Å². The monoisotopic (exact) mass is 613 g/mol. The van der Waals surface area contributed by atoms with Gasteiger partial charge in [0.15, 0.2) is 5.60 Å². The first-order valence-electron chi connectivity index (χ1n) is 14.0. The number of aryl methyl sites for hydroxylation is 1. The van der Waals surface area contributed by atoms with E-state index < -0.39 is 34.3 Å². The Labute approximate surface area is 252 Å². The molecule has 3 rings (SSSR count). The van der Waals surface area contributed by atoms with Gasteiger partial charge < -0.3 is 29.2 Å². The van der Waals surface area contributed by atoms with Crippen molar-refractivity contribution in [1.82, 2.24) is 14.8 Å². The molecule has 0 saturated carbocycles. The summed E-state index contributed by atoms with van der Waals surface area (Å²) >= 11 is 1.32. The topological polar surface area (TPSA) is 166 Å². The lowest BCUT2D eigenvalue weighted by Crippen LogP contribution is -2.53. The summed E-state index contributed by atoms with van der Waals surface area (Å²) in [4.78, 5) is 55.2. The van der Waals surface area contributed by atoms with E-state index in [1.165, 1.54) is 11.3 Å². The fraction of sp³-hybridized carbons (Fsp3) is 0.750. The maximum atomic E-state index is 12.8.